The molecule has 2 heterocycles. The van der Waals surface area contributed by atoms with E-state index in [9.17, 15) is 0 Å². The van der Waals surface area contributed by atoms with Gasteiger partial charge in [0.05, 0.1) is 11.0 Å². The molecule has 0 bridgehead atoms. The van der Waals surface area contributed by atoms with E-state index in [1.165, 1.54) is 49.7 Å². The van der Waals surface area contributed by atoms with E-state index >= 15 is 0 Å². The van der Waals surface area contributed by atoms with Gasteiger partial charge in [-0.1, -0.05) is 121 Å². The summed E-state index contributed by atoms with van der Waals surface area (Å²) in [6, 6.07) is 58.5. The molecule has 44 heavy (non-hydrogen) atoms. The highest BCUT2D eigenvalue weighted by molar-refractivity contribution is 6.12. The number of benzene rings is 7. The summed E-state index contributed by atoms with van der Waals surface area (Å²) in [6.07, 6.45) is 0. The first-order chi connectivity index (χ1) is 21.8. The molecule has 1 aromatic heterocycles. The Morgan fingerprint density at radius 3 is 1.61 bits per heavy atom. The zero-order chi connectivity index (χ0) is 29.0. The van der Waals surface area contributed by atoms with Crippen LogP contribution in [0.1, 0.15) is 0 Å². The summed E-state index contributed by atoms with van der Waals surface area (Å²) in [5.41, 5.74) is 12.7. The Balaban J connectivity index is 1.36. The van der Waals surface area contributed by atoms with E-state index in [1.54, 1.807) is 0 Å². The summed E-state index contributed by atoms with van der Waals surface area (Å²) >= 11 is 0. The zero-order valence-electron chi connectivity index (χ0n) is 23.9. The van der Waals surface area contributed by atoms with Gasteiger partial charge in [0.2, 0.25) is 0 Å². The lowest BCUT2D eigenvalue weighted by atomic mass is 9.94. The molecule has 0 amide bonds. The molecular formula is C42H27NO. The Morgan fingerprint density at radius 2 is 0.909 bits per heavy atom. The van der Waals surface area contributed by atoms with Crippen LogP contribution >= 0.6 is 0 Å². The first-order valence-electron chi connectivity index (χ1n) is 15.0. The number of hydrogen-bond acceptors (Lipinski definition) is 1. The number of nitrogens with zero attached hydrogens (tertiary/aromatic N) is 1. The Labute approximate surface area is 256 Å². The molecule has 1 aliphatic heterocycles. The molecule has 0 spiro atoms. The van der Waals surface area contributed by atoms with Crippen LogP contribution in [0.3, 0.4) is 0 Å². The van der Waals surface area contributed by atoms with E-state index in [2.05, 4.69) is 162 Å². The quantitative estimate of drug-likeness (QED) is 0.209. The minimum Gasteiger partial charge on any atom is -0.456 e. The lowest BCUT2D eigenvalue weighted by molar-refractivity contribution is 0.488. The van der Waals surface area contributed by atoms with Gasteiger partial charge in [0.15, 0.2) is 0 Å². The SMILES string of the molecule is c1ccc(-c2cc(-c3ccccc3)cc(-n3c4ccccc4c4cc5c(cc43)Oc3ccccc3-c3ccccc3-5)c2)cc1. The number of aromatic nitrogens is 1. The molecule has 0 atom stereocenters. The minimum absolute atomic E-state index is 0.862. The van der Waals surface area contributed by atoms with E-state index in [1.807, 2.05) is 6.07 Å². The molecule has 0 saturated carbocycles. The van der Waals surface area contributed by atoms with Crippen molar-refractivity contribution < 1.29 is 4.74 Å². The number of ether oxygens (including phenoxy) is 1. The molecule has 0 saturated heterocycles. The van der Waals surface area contributed by atoms with E-state index < -0.39 is 0 Å². The van der Waals surface area contributed by atoms with Gasteiger partial charge in [-0.15, -0.1) is 0 Å². The largest absolute Gasteiger partial charge is 0.456 e. The van der Waals surface area contributed by atoms with E-state index in [-0.39, 0.29) is 0 Å². The second-order valence-electron chi connectivity index (χ2n) is 11.4. The number of rotatable bonds is 3. The van der Waals surface area contributed by atoms with E-state index in [0.717, 1.165) is 33.8 Å². The molecule has 9 rings (SSSR count). The molecule has 0 N–H and O–H groups in total. The fourth-order valence-electron chi connectivity index (χ4n) is 6.75. The van der Waals surface area contributed by atoms with Gasteiger partial charge < -0.3 is 9.30 Å². The monoisotopic (exact) mass is 561 g/mol. The Kier molecular flexibility index (Phi) is 5.54. The molecule has 1 aliphatic rings. The van der Waals surface area contributed by atoms with Crippen molar-refractivity contribution in [2.75, 3.05) is 0 Å². The lowest BCUT2D eigenvalue weighted by Gasteiger charge is -2.15. The van der Waals surface area contributed by atoms with Crippen LogP contribution in [0.15, 0.2) is 164 Å². The van der Waals surface area contributed by atoms with Crippen LogP contribution < -0.4 is 4.74 Å². The minimum atomic E-state index is 0.862. The van der Waals surface area contributed by atoms with Crippen molar-refractivity contribution in [2.24, 2.45) is 0 Å². The van der Waals surface area contributed by atoms with Crippen molar-refractivity contribution in [3.05, 3.63) is 164 Å². The standard InChI is InChI=1S/C42H27NO/c1-3-13-28(14-4-1)30-23-31(29-15-5-2-6-16-29)25-32(24-30)43-39-21-11-9-19-35(39)37-26-38-34-18-8-7-17-33(34)36-20-10-12-22-41(36)44-42(38)27-40(37)43/h1-27H. The third kappa shape index (κ3) is 3.89. The molecule has 0 aliphatic carbocycles. The average molecular weight is 562 g/mol. The first kappa shape index (κ1) is 24.7. The highest BCUT2D eigenvalue weighted by Crippen LogP contribution is 2.49. The smallest absolute Gasteiger partial charge is 0.137 e. The van der Waals surface area contributed by atoms with Crippen molar-refractivity contribution in [1.29, 1.82) is 0 Å². The maximum Gasteiger partial charge on any atom is 0.137 e. The summed E-state index contributed by atoms with van der Waals surface area (Å²) in [4.78, 5) is 0. The number of fused-ring (bicyclic) bond motifs is 8. The molecule has 7 aromatic carbocycles. The highest BCUT2D eigenvalue weighted by atomic mass is 16.5. The van der Waals surface area contributed by atoms with Crippen LogP contribution in [0, 0.1) is 0 Å². The normalized spacial score (nSPS) is 11.8. The molecule has 0 fully saturated rings. The van der Waals surface area contributed by atoms with Crippen LogP contribution in [-0.4, -0.2) is 4.57 Å². The predicted octanol–water partition coefficient (Wildman–Crippen LogP) is 11.6. The second kappa shape index (κ2) is 9.86. The van der Waals surface area contributed by atoms with Gasteiger partial charge in [-0.05, 0) is 69.8 Å². The third-order valence-corrected chi connectivity index (χ3v) is 8.78. The van der Waals surface area contributed by atoms with Crippen molar-refractivity contribution in [3.63, 3.8) is 0 Å². The highest BCUT2D eigenvalue weighted by Gasteiger charge is 2.23. The topological polar surface area (TPSA) is 14.2 Å². The summed E-state index contributed by atoms with van der Waals surface area (Å²) in [6.45, 7) is 0. The predicted molar refractivity (Wildman–Crippen MR) is 183 cm³/mol. The van der Waals surface area contributed by atoms with Gasteiger partial charge in [-0.25, -0.2) is 0 Å². The number of hydrogen-bond donors (Lipinski definition) is 0. The molecule has 8 aromatic rings. The van der Waals surface area contributed by atoms with Crippen LogP contribution in [0.2, 0.25) is 0 Å². The van der Waals surface area contributed by atoms with Gasteiger partial charge >= 0.3 is 0 Å². The number of para-hydroxylation sites is 2. The van der Waals surface area contributed by atoms with Gasteiger partial charge in [0.1, 0.15) is 11.5 Å². The van der Waals surface area contributed by atoms with Crippen molar-refractivity contribution in [3.8, 4) is 61.7 Å². The van der Waals surface area contributed by atoms with Crippen molar-refractivity contribution >= 4 is 21.8 Å². The zero-order valence-corrected chi connectivity index (χ0v) is 23.9. The molecule has 0 radical (unpaired) electrons. The fourth-order valence-corrected chi connectivity index (χ4v) is 6.75. The van der Waals surface area contributed by atoms with Crippen LogP contribution in [0.25, 0.3) is 72.0 Å². The fraction of sp³-hybridized carbons (Fsp3) is 0. The van der Waals surface area contributed by atoms with Crippen LogP contribution in [-0.2, 0) is 0 Å². The summed E-state index contributed by atoms with van der Waals surface area (Å²) < 4.78 is 9.15. The molecule has 2 nitrogen and oxygen atoms in total. The van der Waals surface area contributed by atoms with Gasteiger partial charge in [-0.3, -0.25) is 0 Å². The maximum absolute atomic E-state index is 6.75. The second-order valence-corrected chi connectivity index (χ2v) is 11.4. The molecule has 206 valence electrons. The third-order valence-electron chi connectivity index (χ3n) is 8.78. The molecule has 0 unspecified atom stereocenters. The molecular weight excluding hydrogens is 534 g/mol. The van der Waals surface area contributed by atoms with Crippen LogP contribution in [0.4, 0.5) is 0 Å². The van der Waals surface area contributed by atoms with E-state index in [4.69, 9.17) is 4.74 Å². The van der Waals surface area contributed by atoms with Gasteiger partial charge in [0.25, 0.3) is 0 Å². The maximum atomic E-state index is 6.75. The Hall–Kier alpha value is -5.86. The summed E-state index contributed by atoms with van der Waals surface area (Å²) in [5, 5.41) is 2.42. The van der Waals surface area contributed by atoms with E-state index in [0.29, 0.717) is 0 Å². The van der Waals surface area contributed by atoms with Crippen molar-refractivity contribution in [1.82, 2.24) is 4.57 Å². The van der Waals surface area contributed by atoms with Gasteiger partial charge in [-0.2, -0.15) is 0 Å². The first-order valence-corrected chi connectivity index (χ1v) is 15.0. The van der Waals surface area contributed by atoms with Crippen molar-refractivity contribution in [2.45, 2.75) is 0 Å². The molecule has 2 heteroatoms. The Morgan fingerprint density at radius 1 is 0.341 bits per heavy atom. The lowest BCUT2D eigenvalue weighted by Crippen LogP contribution is -1.96. The Bertz CT molecular complexity index is 2290. The summed E-state index contributed by atoms with van der Waals surface area (Å²) in [5.74, 6) is 1.74. The van der Waals surface area contributed by atoms with Gasteiger partial charge in [0, 0.05) is 33.7 Å². The van der Waals surface area contributed by atoms with Crippen LogP contribution in [0.5, 0.6) is 11.5 Å². The summed E-state index contributed by atoms with van der Waals surface area (Å²) in [7, 11) is 0. The average Bonchev–Trinajstić information content (AvgIpc) is 3.34.